The Hall–Kier alpha value is -2.41. The van der Waals surface area contributed by atoms with Gasteiger partial charge in [-0.15, -0.1) is 0 Å². The van der Waals surface area contributed by atoms with Crippen LogP contribution in [0, 0.1) is 5.92 Å². The fraction of sp³-hybridized carbons (Fsp3) is 0.471. The molecule has 0 saturated carbocycles. The van der Waals surface area contributed by atoms with Crippen molar-refractivity contribution in [3.8, 4) is 0 Å². The Balaban J connectivity index is 2.88. The Bertz CT molecular complexity index is 574. The number of aliphatic carboxylic acids is 1. The smallest absolute Gasteiger partial charge is 0.325 e. The lowest BCUT2D eigenvalue weighted by Crippen LogP contribution is -2.55. The van der Waals surface area contributed by atoms with Crippen LogP contribution in [-0.2, 0) is 20.8 Å². The molecule has 0 saturated heterocycles. The molecule has 7 nitrogen and oxygen atoms in total. The van der Waals surface area contributed by atoms with E-state index in [1.807, 2.05) is 44.2 Å². The number of hydrogen-bond acceptors (Lipinski definition) is 4. The van der Waals surface area contributed by atoms with E-state index < -0.39 is 35.9 Å². The second kappa shape index (κ2) is 9.02. The van der Waals surface area contributed by atoms with Crippen LogP contribution >= 0.6 is 0 Å². The molecule has 2 amide bonds. The summed E-state index contributed by atoms with van der Waals surface area (Å²) < 4.78 is 0. The average Bonchev–Trinajstić information content (AvgIpc) is 2.53. The van der Waals surface area contributed by atoms with Gasteiger partial charge in [0.05, 0.1) is 6.04 Å². The highest BCUT2D eigenvalue weighted by Crippen LogP contribution is 2.06. The number of nitrogens with two attached hydrogens (primary N) is 1. The lowest BCUT2D eigenvalue weighted by molar-refractivity contribution is -0.141. The standard InChI is InChI=1S/C17H25N3O4/c1-10(2)14(18)16(22)20-13(9-12-7-5-4-6-8-12)15(21)19-11(3)17(23)24/h4-8,10-11,13-14H,9,18H2,1-3H3,(H,19,21)(H,20,22)(H,23,24)/t11-,13-,14-/m0/s1. The van der Waals surface area contributed by atoms with Gasteiger partial charge < -0.3 is 21.5 Å². The van der Waals surface area contributed by atoms with Crippen molar-refractivity contribution in [1.82, 2.24) is 10.6 Å². The van der Waals surface area contributed by atoms with Crippen molar-refractivity contribution in [1.29, 1.82) is 0 Å². The lowest BCUT2D eigenvalue weighted by atomic mass is 10.0. The third-order valence-electron chi connectivity index (χ3n) is 3.67. The minimum Gasteiger partial charge on any atom is -0.480 e. The predicted octanol–water partition coefficient (Wildman–Crippen LogP) is 0.287. The molecule has 0 heterocycles. The van der Waals surface area contributed by atoms with Crippen LogP contribution in [0.5, 0.6) is 0 Å². The van der Waals surface area contributed by atoms with E-state index >= 15 is 0 Å². The number of carboxylic acids is 1. The minimum atomic E-state index is -1.15. The molecule has 0 aliphatic heterocycles. The molecule has 1 aromatic carbocycles. The van der Waals surface area contributed by atoms with Gasteiger partial charge in [-0.1, -0.05) is 44.2 Å². The molecule has 0 aliphatic carbocycles. The normalized spacial score (nSPS) is 14.5. The number of benzene rings is 1. The van der Waals surface area contributed by atoms with Crippen LogP contribution in [0.15, 0.2) is 30.3 Å². The van der Waals surface area contributed by atoms with Crippen LogP contribution in [0.2, 0.25) is 0 Å². The highest BCUT2D eigenvalue weighted by atomic mass is 16.4. The van der Waals surface area contributed by atoms with Crippen LogP contribution < -0.4 is 16.4 Å². The van der Waals surface area contributed by atoms with Gasteiger partial charge in [0.25, 0.3) is 0 Å². The van der Waals surface area contributed by atoms with Gasteiger partial charge in [0.2, 0.25) is 11.8 Å². The number of amides is 2. The van der Waals surface area contributed by atoms with Gasteiger partial charge in [0.15, 0.2) is 0 Å². The Morgan fingerprint density at radius 1 is 1.04 bits per heavy atom. The zero-order chi connectivity index (χ0) is 18.3. The molecular formula is C17H25N3O4. The summed E-state index contributed by atoms with van der Waals surface area (Å²) in [6, 6.07) is 6.46. The van der Waals surface area contributed by atoms with E-state index in [2.05, 4.69) is 10.6 Å². The molecule has 0 radical (unpaired) electrons. The lowest BCUT2D eigenvalue weighted by Gasteiger charge is -2.23. The maximum Gasteiger partial charge on any atom is 0.325 e. The summed E-state index contributed by atoms with van der Waals surface area (Å²) in [5.41, 5.74) is 6.66. The first-order valence-corrected chi connectivity index (χ1v) is 7.85. The molecule has 0 fully saturated rings. The molecule has 0 unspecified atom stereocenters. The maximum absolute atomic E-state index is 12.4. The summed E-state index contributed by atoms with van der Waals surface area (Å²) in [5, 5.41) is 13.9. The molecule has 0 aromatic heterocycles. The van der Waals surface area contributed by atoms with Gasteiger partial charge in [0.1, 0.15) is 12.1 Å². The summed E-state index contributed by atoms with van der Waals surface area (Å²) in [5.74, 6) is -2.22. The molecule has 1 aromatic rings. The molecule has 0 bridgehead atoms. The molecular weight excluding hydrogens is 310 g/mol. The topological polar surface area (TPSA) is 122 Å². The predicted molar refractivity (Wildman–Crippen MR) is 90.1 cm³/mol. The van der Waals surface area contributed by atoms with Crippen molar-refractivity contribution in [2.45, 2.75) is 45.3 Å². The van der Waals surface area contributed by atoms with E-state index in [1.54, 1.807) is 0 Å². The van der Waals surface area contributed by atoms with Crippen LogP contribution in [0.3, 0.4) is 0 Å². The van der Waals surface area contributed by atoms with E-state index in [4.69, 9.17) is 10.8 Å². The van der Waals surface area contributed by atoms with Crippen molar-refractivity contribution >= 4 is 17.8 Å². The summed E-state index contributed by atoms with van der Waals surface area (Å²) >= 11 is 0. The first-order valence-electron chi connectivity index (χ1n) is 7.85. The summed E-state index contributed by atoms with van der Waals surface area (Å²) in [6.07, 6.45) is 0.246. The van der Waals surface area contributed by atoms with Crippen molar-refractivity contribution in [3.63, 3.8) is 0 Å². The van der Waals surface area contributed by atoms with Crippen molar-refractivity contribution in [3.05, 3.63) is 35.9 Å². The van der Waals surface area contributed by atoms with Crippen molar-refractivity contribution < 1.29 is 19.5 Å². The quantitative estimate of drug-likeness (QED) is 0.544. The van der Waals surface area contributed by atoms with Crippen LogP contribution in [-0.4, -0.2) is 41.0 Å². The number of rotatable bonds is 8. The Labute approximate surface area is 141 Å². The SMILES string of the molecule is CC(C)[C@H](N)C(=O)N[C@@H](Cc1ccccc1)C(=O)N[C@@H](C)C(=O)O. The van der Waals surface area contributed by atoms with E-state index in [0.717, 1.165) is 5.56 Å². The number of hydrogen-bond donors (Lipinski definition) is 4. The van der Waals surface area contributed by atoms with Gasteiger partial charge in [0, 0.05) is 6.42 Å². The average molecular weight is 335 g/mol. The van der Waals surface area contributed by atoms with Gasteiger partial charge in [-0.05, 0) is 18.4 Å². The van der Waals surface area contributed by atoms with Crippen molar-refractivity contribution in [2.24, 2.45) is 11.7 Å². The fourth-order valence-corrected chi connectivity index (χ4v) is 2.01. The minimum absolute atomic E-state index is 0.0802. The Morgan fingerprint density at radius 2 is 1.62 bits per heavy atom. The third kappa shape index (κ3) is 6.00. The first-order chi connectivity index (χ1) is 11.2. The Morgan fingerprint density at radius 3 is 2.12 bits per heavy atom. The fourth-order valence-electron chi connectivity index (χ4n) is 2.01. The molecule has 132 valence electrons. The first kappa shape index (κ1) is 19.6. The van der Waals surface area contributed by atoms with Crippen molar-refractivity contribution in [2.75, 3.05) is 0 Å². The van der Waals surface area contributed by atoms with Crippen LogP contribution in [0.25, 0.3) is 0 Å². The molecule has 1 rings (SSSR count). The van der Waals surface area contributed by atoms with E-state index in [1.165, 1.54) is 6.92 Å². The number of carbonyl (C=O) groups is 3. The monoisotopic (exact) mass is 335 g/mol. The number of carboxylic acid groups (broad SMARTS) is 1. The largest absolute Gasteiger partial charge is 0.480 e. The maximum atomic E-state index is 12.4. The van der Waals surface area contributed by atoms with Gasteiger partial charge >= 0.3 is 5.97 Å². The van der Waals surface area contributed by atoms with Gasteiger partial charge in [-0.25, -0.2) is 0 Å². The molecule has 24 heavy (non-hydrogen) atoms. The van der Waals surface area contributed by atoms with Crippen LogP contribution in [0.1, 0.15) is 26.3 Å². The van der Waals surface area contributed by atoms with E-state index in [-0.39, 0.29) is 12.3 Å². The molecule has 0 spiro atoms. The zero-order valence-electron chi connectivity index (χ0n) is 14.2. The summed E-state index contributed by atoms with van der Waals surface area (Å²) in [4.78, 5) is 35.5. The zero-order valence-corrected chi connectivity index (χ0v) is 14.2. The van der Waals surface area contributed by atoms with E-state index in [0.29, 0.717) is 0 Å². The second-order valence-corrected chi connectivity index (χ2v) is 6.09. The molecule has 3 atom stereocenters. The van der Waals surface area contributed by atoms with Crippen LogP contribution in [0.4, 0.5) is 0 Å². The summed E-state index contributed by atoms with van der Waals surface area (Å²) in [6.45, 7) is 4.98. The summed E-state index contributed by atoms with van der Waals surface area (Å²) in [7, 11) is 0. The third-order valence-corrected chi connectivity index (χ3v) is 3.67. The second-order valence-electron chi connectivity index (χ2n) is 6.09. The molecule has 7 heteroatoms. The van der Waals surface area contributed by atoms with E-state index in [9.17, 15) is 14.4 Å². The Kier molecular flexibility index (Phi) is 7.38. The molecule has 0 aliphatic rings. The highest BCUT2D eigenvalue weighted by Gasteiger charge is 2.27. The van der Waals surface area contributed by atoms with Gasteiger partial charge in [-0.2, -0.15) is 0 Å². The number of nitrogens with one attached hydrogen (secondary N) is 2. The number of carbonyl (C=O) groups excluding carboxylic acids is 2. The molecule has 5 N–H and O–H groups in total. The highest BCUT2D eigenvalue weighted by molar-refractivity contribution is 5.91. The van der Waals surface area contributed by atoms with Gasteiger partial charge in [-0.3, -0.25) is 14.4 Å².